The summed E-state index contributed by atoms with van der Waals surface area (Å²) < 4.78 is 0. The Bertz CT molecular complexity index is 206. The zero-order valence-corrected chi connectivity index (χ0v) is 6.70. The van der Waals surface area contributed by atoms with Crippen molar-refractivity contribution in [2.24, 2.45) is 0 Å². The molecule has 0 bridgehead atoms. The molecular weight excluding hydrogens is 158 g/mol. The first-order valence-electron chi connectivity index (χ1n) is 3.75. The molecule has 0 radical (unpaired) electrons. The van der Waals surface area contributed by atoms with Crippen molar-refractivity contribution < 1.29 is 15.3 Å². The molecule has 1 heterocycles. The molecule has 4 heteroatoms. The van der Waals surface area contributed by atoms with E-state index in [1.165, 1.54) is 0 Å². The molecule has 12 heavy (non-hydrogen) atoms. The molecule has 0 aromatic heterocycles. The molecule has 0 aromatic carbocycles. The van der Waals surface area contributed by atoms with Gasteiger partial charge in [0.05, 0.1) is 19.8 Å². The van der Waals surface area contributed by atoms with Crippen molar-refractivity contribution in [3.8, 4) is 0 Å². The van der Waals surface area contributed by atoms with Crippen LogP contribution >= 0.6 is 0 Å². The van der Waals surface area contributed by atoms with Gasteiger partial charge in [-0.1, -0.05) is 0 Å². The van der Waals surface area contributed by atoms with Crippen LogP contribution in [0.1, 0.15) is 0 Å². The molecule has 0 spiro atoms. The second kappa shape index (κ2) is 3.71. The average Bonchev–Trinajstić information content (AvgIpc) is 2.18. The second-order valence-electron chi connectivity index (χ2n) is 2.83. The Morgan fingerprint density at radius 2 is 1.92 bits per heavy atom. The van der Waals surface area contributed by atoms with Gasteiger partial charge in [0.2, 0.25) is 0 Å². The molecule has 1 rings (SSSR count). The van der Waals surface area contributed by atoms with Crippen LogP contribution in [-0.2, 0) is 0 Å². The molecule has 0 aliphatic carbocycles. The SMILES string of the molecule is OCC1=CC(CO)(CO)NC=C1. The number of dihydropyridines is 1. The van der Waals surface area contributed by atoms with E-state index in [-0.39, 0.29) is 19.8 Å². The average molecular weight is 171 g/mol. The third-order valence-electron chi connectivity index (χ3n) is 1.88. The molecule has 0 fully saturated rings. The van der Waals surface area contributed by atoms with Gasteiger partial charge in [0.15, 0.2) is 0 Å². The van der Waals surface area contributed by atoms with Gasteiger partial charge in [-0.15, -0.1) is 0 Å². The summed E-state index contributed by atoms with van der Waals surface area (Å²) >= 11 is 0. The van der Waals surface area contributed by atoms with E-state index in [0.717, 1.165) is 0 Å². The van der Waals surface area contributed by atoms with Gasteiger partial charge in [-0.05, 0) is 23.9 Å². The van der Waals surface area contributed by atoms with Crippen molar-refractivity contribution in [3.63, 3.8) is 0 Å². The summed E-state index contributed by atoms with van der Waals surface area (Å²) in [7, 11) is 0. The first-order chi connectivity index (χ1) is 5.76. The summed E-state index contributed by atoms with van der Waals surface area (Å²) in [5.74, 6) is 0. The van der Waals surface area contributed by atoms with Crippen LogP contribution in [-0.4, -0.2) is 40.7 Å². The highest BCUT2D eigenvalue weighted by atomic mass is 16.3. The normalized spacial score (nSPS) is 20.1. The molecule has 4 N–H and O–H groups in total. The van der Waals surface area contributed by atoms with Crippen LogP contribution in [0.4, 0.5) is 0 Å². The van der Waals surface area contributed by atoms with E-state index in [1.807, 2.05) is 0 Å². The van der Waals surface area contributed by atoms with Crippen LogP contribution < -0.4 is 5.32 Å². The summed E-state index contributed by atoms with van der Waals surface area (Å²) in [6.07, 6.45) is 4.94. The zero-order chi connectivity index (χ0) is 9.03. The number of hydrogen-bond donors (Lipinski definition) is 4. The third-order valence-corrected chi connectivity index (χ3v) is 1.88. The number of aliphatic hydroxyl groups excluding tert-OH is 3. The van der Waals surface area contributed by atoms with E-state index in [1.54, 1.807) is 18.4 Å². The van der Waals surface area contributed by atoms with Crippen molar-refractivity contribution in [3.05, 3.63) is 23.9 Å². The monoisotopic (exact) mass is 171 g/mol. The fraction of sp³-hybridized carbons (Fsp3) is 0.500. The Morgan fingerprint density at radius 1 is 1.25 bits per heavy atom. The first-order valence-corrected chi connectivity index (χ1v) is 3.75. The molecule has 0 atom stereocenters. The minimum absolute atomic E-state index is 0.0834. The fourth-order valence-corrected chi connectivity index (χ4v) is 1.09. The lowest BCUT2D eigenvalue weighted by Crippen LogP contribution is -2.49. The maximum absolute atomic E-state index is 8.97. The highest BCUT2D eigenvalue weighted by molar-refractivity contribution is 5.29. The summed E-state index contributed by atoms with van der Waals surface area (Å²) in [6, 6.07) is 0. The Hall–Kier alpha value is -0.840. The van der Waals surface area contributed by atoms with Gasteiger partial charge < -0.3 is 20.6 Å². The highest BCUT2D eigenvalue weighted by Gasteiger charge is 2.26. The lowest BCUT2D eigenvalue weighted by Gasteiger charge is -2.30. The van der Waals surface area contributed by atoms with E-state index in [4.69, 9.17) is 15.3 Å². The first kappa shape index (κ1) is 9.25. The summed E-state index contributed by atoms with van der Waals surface area (Å²) in [5, 5.41) is 29.6. The van der Waals surface area contributed by atoms with Gasteiger partial charge in [0.1, 0.15) is 5.54 Å². The molecule has 4 nitrogen and oxygen atoms in total. The summed E-state index contributed by atoms with van der Waals surface area (Å²) in [4.78, 5) is 0. The topological polar surface area (TPSA) is 72.7 Å². The highest BCUT2D eigenvalue weighted by Crippen LogP contribution is 2.13. The van der Waals surface area contributed by atoms with E-state index in [0.29, 0.717) is 5.57 Å². The summed E-state index contributed by atoms with van der Waals surface area (Å²) in [5.41, 5.74) is -0.121. The maximum Gasteiger partial charge on any atom is 0.102 e. The molecule has 0 unspecified atom stereocenters. The molecular formula is C8H13NO3. The Balaban J connectivity index is 2.80. The van der Waals surface area contributed by atoms with Gasteiger partial charge in [-0.3, -0.25) is 0 Å². The Labute approximate surface area is 70.8 Å². The van der Waals surface area contributed by atoms with Crippen LogP contribution in [0.25, 0.3) is 0 Å². The summed E-state index contributed by atoms with van der Waals surface area (Å²) in [6.45, 7) is -0.478. The van der Waals surface area contributed by atoms with Crippen LogP contribution in [0, 0.1) is 0 Å². The standard InChI is InChI=1S/C8H13NO3/c10-4-7-1-2-9-8(3-7,5-11)6-12/h1-3,9-12H,4-6H2. The van der Waals surface area contributed by atoms with Gasteiger partial charge in [0, 0.05) is 0 Å². The number of rotatable bonds is 3. The molecule has 0 saturated heterocycles. The largest absolute Gasteiger partial charge is 0.394 e. The molecule has 0 aromatic rings. The van der Waals surface area contributed by atoms with Crippen LogP contribution in [0.2, 0.25) is 0 Å². The lowest BCUT2D eigenvalue weighted by atomic mass is 9.96. The predicted octanol–water partition coefficient (Wildman–Crippen LogP) is -1.25. The molecule has 0 saturated carbocycles. The number of nitrogens with one attached hydrogen (secondary N) is 1. The lowest BCUT2D eigenvalue weighted by molar-refractivity contribution is 0.132. The third kappa shape index (κ3) is 1.66. The zero-order valence-electron chi connectivity index (χ0n) is 6.70. The van der Waals surface area contributed by atoms with Gasteiger partial charge in [0.25, 0.3) is 0 Å². The van der Waals surface area contributed by atoms with Crippen molar-refractivity contribution in [2.75, 3.05) is 19.8 Å². The van der Waals surface area contributed by atoms with E-state index >= 15 is 0 Å². The number of aliphatic hydroxyl groups is 3. The molecule has 68 valence electrons. The Morgan fingerprint density at radius 3 is 2.42 bits per heavy atom. The van der Waals surface area contributed by atoms with Gasteiger partial charge in [-0.25, -0.2) is 0 Å². The fourth-order valence-electron chi connectivity index (χ4n) is 1.09. The van der Waals surface area contributed by atoms with Gasteiger partial charge in [-0.2, -0.15) is 0 Å². The van der Waals surface area contributed by atoms with Crippen LogP contribution in [0.15, 0.2) is 23.9 Å². The van der Waals surface area contributed by atoms with Gasteiger partial charge >= 0.3 is 0 Å². The van der Waals surface area contributed by atoms with Crippen molar-refractivity contribution in [1.29, 1.82) is 0 Å². The maximum atomic E-state index is 8.97. The Kier molecular flexibility index (Phi) is 2.86. The quantitative estimate of drug-likeness (QED) is 0.428. The van der Waals surface area contributed by atoms with Crippen molar-refractivity contribution >= 4 is 0 Å². The van der Waals surface area contributed by atoms with E-state index < -0.39 is 5.54 Å². The van der Waals surface area contributed by atoms with E-state index in [9.17, 15) is 0 Å². The van der Waals surface area contributed by atoms with Crippen LogP contribution in [0.5, 0.6) is 0 Å². The smallest absolute Gasteiger partial charge is 0.102 e. The van der Waals surface area contributed by atoms with Crippen molar-refractivity contribution in [1.82, 2.24) is 5.32 Å². The molecule has 0 amide bonds. The predicted molar refractivity (Wildman–Crippen MR) is 44.3 cm³/mol. The van der Waals surface area contributed by atoms with Crippen LogP contribution in [0.3, 0.4) is 0 Å². The van der Waals surface area contributed by atoms with E-state index in [2.05, 4.69) is 5.32 Å². The molecule has 1 aliphatic heterocycles. The second-order valence-corrected chi connectivity index (χ2v) is 2.83. The number of hydrogen-bond acceptors (Lipinski definition) is 4. The minimum atomic E-state index is -0.813. The molecule has 1 aliphatic rings. The minimum Gasteiger partial charge on any atom is -0.394 e. The van der Waals surface area contributed by atoms with Crippen molar-refractivity contribution in [2.45, 2.75) is 5.54 Å².